The van der Waals surface area contributed by atoms with Gasteiger partial charge in [-0.25, -0.2) is 9.59 Å². The molecule has 2 aliphatic heterocycles. The molecule has 0 saturated carbocycles. The molecule has 0 bridgehead atoms. The van der Waals surface area contributed by atoms with Gasteiger partial charge in [-0.15, -0.1) is 0 Å². The SMILES string of the molecule is CCC1CN(C2CCN(C(=O)Nc3ccccc3OC(F)F)CC2)C(=O)O1. The van der Waals surface area contributed by atoms with Crippen LogP contribution in [-0.2, 0) is 4.74 Å². The van der Waals surface area contributed by atoms with Gasteiger partial charge < -0.3 is 24.6 Å². The molecule has 2 aliphatic rings. The molecule has 0 radical (unpaired) electrons. The van der Waals surface area contributed by atoms with Crippen molar-refractivity contribution >= 4 is 17.8 Å². The molecule has 1 N–H and O–H groups in total. The molecule has 148 valence electrons. The molecule has 2 saturated heterocycles. The molecular formula is C18H23F2N3O4. The van der Waals surface area contributed by atoms with Crippen molar-refractivity contribution in [1.29, 1.82) is 0 Å². The van der Waals surface area contributed by atoms with Crippen molar-refractivity contribution in [2.45, 2.75) is 44.9 Å². The van der Waals surface area contributed by atoms with Crippen LogP contribution in [0.5, 0.6) is 5.75 Å². The molecule has 1 atom stereocenters. The third kappa shape index (κ3) is 4.58. The number of hydrogen-bond acceptors (Lipinski definition) is 4. The van der Waals surface area contributed by atoms with Crippen LogP contribution in [0.25, 0.3) is 0 Å². The Balaban J connectivity index is 1.54. The molecule has 9 heteroatoms. The zero-order valence-electron chi connectivity index (χ0n) is 15.1. The van der Waals surface area contributed by atoms with Crippen LogP contribution in [0.3, 0.4) is 0 Å². The number of urea groups is 1. The van der Waals surface area contributed by atoms with Crippen molar-refractivity contribution in [2.75, 3.05) is 25.0 Å². The first-order chi connectivity index (χ1) is 13.0. The van der Waals surface area contributed by atoms with Crippen LogP contribution in [0.1, 0.15) is 26.2 Å². The first-order valence-corrected chi connectivity index (χ1v) is 9.05. The minimum absolute atomic E-state index is 0.0487. The van der Waals surface area contributed by atoms with Crippen LogP contribution < -0.4 is 10.1 Å². The lowest BCUT2D eigenvalue weighted by Gasteiger charge is -2.35. The van der Waals surface area contributed by atoms with E-state index >= 15 is 0 Å². The van der Waals surface area contributed by atoms with Gasteiger partial charge >= 0.3 is 18.7 Å². The van der Waals surface area contributed by atoms with Crippen LogP contribution in [0, 0.1) is 0 Å². The normalized spacial score (nSPS) is 20.7. The second-order valence-corrected chi connectivity index (χ2v) is 6.59. The fraction of sp³-hybridized carbons (Fsp3) is 0.556. The number of para-hydroxylation sites is 2. The lowest BCUT2D eigenvalue weighted by atomic mass is 10.0. The Kier molecular flexibility index (Phi) is 5.98. The number of ether oxygens (including phenoxy) is 2. The quantitative estimate of drug-likeness (QED) is 0.845. The van der Waals surface area contributed by atoms with E-state index in [0.717, 1.165) is 6.42 Å². The molecule has 2 heterocycles. The van der Waals surface area contributed by atoms with E-state index in [1.54, 1.807) is 21.9 Å². The Labute approximate surface area is 156 Å². The van der Waals surface area contributed by atoms with Crippen molar-refractivity contribution < 1.29 is 27.8 Å². The van der Waals surface area contributed by atoms with Crippen LogP contribution >= 0.6 is 0 Å². The number of nitrogens with one attached hydrogen (secondary N) is 1. The van der Waals surface area contributed by atoms with Crippen molar-refractivity contribution in [1.82, 2.24) is 9.80 Å². The first kappa shape index (κ1) is 19.2. The molecule has 0 spiro atoms. The van der Waals surface area contributed by atoms with E-state index in [1.807, 2.05) is 6.92 Å². The predicted molar refractivity (Wildman–Crippen MR) is 94.0 cm³/mol. The third-order valence-electron chi connectivity index (χ3n) is 4.89. The zero-order chi connectivity index (χ0) is 19.4. The van der Waals surface area contributed by atoms with Crippen LogP contribution in [0.2, 0.25) is 0 Å². The summed E-state index contributed by atoms with van der Waals surface area (Å²) in [6.07, 6.45) is 1.72. The minimum Gasteiger partial charge on any atom is -0.444 e. The number of likely N-dealkylation sites (tertiary alicyclic amines) is 1. The van der Waals surface area contributed by atoms with Gasteiger partial charge in [-0.3, -0.25) is 0 Å². The number of anilines is 1. The summed E-state index contributed by atoms with van der Waals surface area (Å²) in [4.78, 5) is 27.8. The highest BCUT2D eigenvalue weighted by molar-refractivity contribution is 5.91. The first-order valence-electron chi connectivity index (χ1n) is 9.05. The molecule has 0 aliphatic carbocycles. The van der Waals surface area contributed by atoms with Gasteiger partial charge in [-0.05, 0) is 31.4 Å². The largest absolute Gasteiger partial charge is 0.444 e. The van der Waals surface area contributed by atoms with Gasteiger partial charge in [0.15, 0.2) is 0 Å². The van der Waals surface area contributed by atoms with Gasteiger partial charge in [0.25, 0.3) is 0 Å². The van der Waals surface area contributed by atoms with Gasteiger partial charge in [-0.2, -0.15) is 8.78 Å². The number of rotatable bonds is 5. The van der Waals surface area contributed by atoms with Gasteiger partial charge in [0.2, 0.25) is 0 Å². The van der Waals surface area contributed by atoms with Crippen LogP contribution in [-0.4, -0.2) is 60.3 Å². The fourth-order valence-corrected chi connectivity index (χ4v) is 3.40. The number of halogens is 2. The van der Waals surface area contributed by atoms with Crippen LogP contribution in [0.4, 0.5) is 24.1 Å². The van der Waals surface area contributed by atoms with Crippen molar-refractivity contribution in [3.05, 3.63) is 24.3 Å². The summed E-state index contributed by atoms with van der Waals surface area (Å²) < 4.78 is 34.7. The highest BCUT2D eigenvalue weighted by Gasteiger charge is 2.37. The van der Waals surface area contributed by atoms with Crippen LogP contribution in [0.15, 0.2) is 24.3 Å². The monoisotopic (exact) mass is 383 g/mol. The number of piperidine rings is 1. The predicted octanol–water partition coefficient (Wildman–Crippen LogP) is 3.52. The number of benzene rings is 1. The number of carbonyl (C=O) groups excluding carboxylic acids is 2. The Hall–Kier alpha value is -2.58. The average Bonchev–Trinajstić information content (AvgIpc) is 3.04. The number of alkyl halides is 2. The van der Waals surface area contributed by atoms with Gasteiger partial charge in [-0.1, -0.05) is 19.1 Å². The zero-order valence-corrected chi connectivity index (χ0v) is 15.1. The molecule has 3 rings (SSSR count). The number of cyclic esters (lactones) is 1. The molecule has 7 nitrogen and oxygen atoms in total. The lowest BCUT2D eigenvalue weighted by Crippen LogP contribution is -2.48. The van der Waals surface area contributed by atoms with E-state index in [4.69, 9.17) is 4.74 Å². The number of nitrogens with zero attached hydrogens (tertiary/aromatic N) is 2. The minimum atomic E-state index is -2.97. The summed E-state index contributed by atoms with van der Waals surface area (Å²) in [6, 6.07) is 5.73. The van der Waals surface area contributed by atoms with Crippen molar-refractivity contribution in [3.63, 3.8) is 0 Å². The van der Waals surface area contributed by atoms with Crippen molar-refractivity contribution in [2.24, 2.45) is 0 Å². The maximum absolute atomic E-state index is 12.5. The van der Waals surface area contributed by atoms with E-state index in [9.17, 15) is 18.4 Å². The summed E-state index contributed by atoms with van der Waals surface area (Å²) in [7, 11) is 0. The number of amides is 3. The number of carbonyl (C=O) groups is 2. The third-order valence-corrected chi connectivity index (χ3v) is 4.89. The Morgan fingerprint density at radius 2 is 2.04 bits per heavy atom. The molecule has 2 fully saturated rings. The van der Waals surface area contributed by atoms with E-state index < -0.39 is 6.61 Å². The summed E-state index contributed by atoms with van der Waals surface area (Å²) in [5.74, 6) is -0.0823. The highest BCUT2D eigenvalue weighted by atomic mass is 19.3. The van der Waals surface area contributed by atoms with Gasteiger partial charge in [0.05, 0.1) is 12.2 Å². The average molecular weight is 383 g/mol. The molecular weight excluding hydrogens is 360 g/mol. The smallest absolute Gasteiger partial charge is 0.410 e. The molecule has 1 unspecified atom stereocenters. The van der Waals surface area contributed by atoms with Gasteiger partial charge in [0, 0.05) is 19.1 Å². The topological polar surface area (TPSA) is 71.1 Å². The van der Waals surface area contributed by atoms with E-state index in [0.29, 0.717) is 32.5 Å². The number of hydrogen-bond donors (Lipinski definition) is 1. The second-order valence-electron chi connectivity index (χ2n) is 6.59. The Morgan fingerprint density at radius 3 is 2.67 bits per heavy atom. The fourth-order valence-electron chi connectivity index (χ4n) is 3.40. The maximum Gasteiger partial charge on any atom is 0.410 e. The molecule has 1 aromatic rings. The van der Waals surface area contributed by atoms with E-state index in [1.165, 1.54) is 12.1 Å². The molecule has 27 heavy (non-hydrogen) atoms. The Morgan fingerprint density at radius 1 is 1.33 bits per heavy atom. The molecule has 0 aromatic heterocycles. The molecule has 1 aromatic carbocycles. The summed E-state index contributed by atoms with van der Waals surface area (Å²) in [6.45, 7) is 0.532. The van der Waals surface area contributed by atoms with E-state index in [-0.39, 0.29) is 35.7 Å². The van der Waals surface area contributed by atoms with Gasteiger partial charge in [0.1, 0.15) is 11.9 Å². The standard InChI is InChI=1S/C18H23F2N3O4/c1-2-13-11-23(18(25)26-13)12-7-9-22(10-8-12)17(24)21-14-5-3-4-6-15(14)27-16(19)20/h3-6,12-13,16H,2,7-11H2,1H3,(H,21,24). The summed E-state index contributed by atoms with van der Waals surface area (Å²) in [5.41, 5.74) is 0.193. The highest BCUT2D eigenvalue weighted by Crippen LogP contribution is 2.27. The summed E-state index contributed by atoms with van der Waals surface area (Å²) >= 11 is 0. The van der Waals surface area contributed by atoms with E-state index in [2.05, 4.69) is 10.1 Å². The molecule has 3 amide bonds. The summed E-state index contributed by atoms with van der Waals surface area (Å²) in [5, 5.41) is 2.62. The second kappa shape index (κ2) is 8.41. The van der Waals surface area contributed by atoms with Crippen molar-refractivity contribution in [3.8, 4) is 5.75 Å². The lowest BCUT2D eigenvalue weighted by molar-refractivity contribution is -0.0493. The Bertz CT molecular complexity index is 680. The maximum atomic E-state index is 12.5.